The summed E-state index contributed by atoms with van der Waals surface area (Å²) in [6.07, 6.45) is 0.929. The van der Waals surface area contributed by atoms with Gasteiger partial charge in [0.2, 0.25) is 0 Å². The van der Waals surface area contributed by atoms with Crippen LogP contribution < -0.4 is 9.47 Å². The molecule has 0 heterocycles. The van der Waals surface area contributed by atoms with Crippen molar-refractivity contribution in [2.75, 3.05) is 0 Å². The van der Waals surface area contributed by atoms with E-state index in [0.29, 0.717) is 23.3 Å². The summed E-state index contributed by atoms with van der Waals surface area (Å²) in [7, 11) is 0. The molecule has 2 atom stereocenters. The lowest BCUT2D eigenvalue weighted by Gasteiger charge is -2.31. The number of hydrogen-bond acceptors (Lipinski definition) is 5. The Kier molecular flexibility index (Phi) is 11.4. The molecule has 2 N–H and O–H groups in total. The van der Waals surface area contributed by atoms with E-state index in [0.717, 1.165) is 57.7 Å². The van der Waals surface area contributed by atoms with Crippen molar-refractivity contribution in [1.82, 2.24) is 0 Å². The molecule has 0 aliphatic rings. The standard InChI is InChI=1S/C46H46O5/c1-31(2)29-43(39-17-11-19-41(49-37-13-7-5-8-14-37)45(39)33-21-25-35(47)26-22-33)51-44(30-32(3)4)40-18-12-20-42(50-38-15-9-6-10-16-38)46(40)34-23-27-36(48)28-24-34/h5-28,31-32,43-44,47-48H,29-30H2,1-4H3. The van der Waals surface area contributed by atoms with Gasteiger partial charge in [-0.25, -0.2) is 0 Å². The fourth-order valence-corrected chi connectivity index (χ4v) is 6.47. The molecular weight excluding hydrogens is 633 g/mol. The molecule has 6 aromatic rings. The highest BCUT2D eigenvalue weighted by Crippen LogP contribution is 2.47. The van der Waals surface area contributed by atoms with Crippen molar-refractivity contribution in [3.8, 4) is 56.8 Å². The first-order valence-corrected chi connectivity index (χ1v) is 17.7. The normalized spacial score (nSPS) is 12.5. The molecule has 0 aliphatic heterocycles. The van der Waals surface area contributed by atoms with Crippen LogP contribution in [0, 0.1) is 11.8 Å². The maximum atomic E-state index is 10.2. The van der Waals surface area contributed by atoms with Crippen molar-refractivity contribution >= 4 is 0 Å². The number of phenolic OH excluding ortho intramolecular Hbond substituents is 2. The number of para-hydroxylation sites is 2. The molecule has 0 spiro atoms. The van der Waals surface area contributed by atoms with Crippen LogP contribution in [0.25, 0.3) is 22.3 Å². The third-order valence-corrected chi connectivity index (χ3v) is 8.76. The van der Waals surface area contributed by atoms with E-state index in [-0.39, 0.29) is 23.7 Å². The number of benzene rings is 6. The minimum atomic E-state index is -0.303. The average molecular weight is 679 g/mol. The molecular formula is C46H46O5. The van der Waals surface area contributed by atoms with Gasteiger partial charge in [-0.2, -0.15) is 0 Å². The van der Waals surface area contributed by atoms with Crippen molar-refractivity contribution in [2.45, 2.75) is 52.7 Å². The van der Waals surface area contributed by atoms with E-state index in [1.807, 2.05) is 109 Å². The van der Waals surface area contributed by atoms with Crippen molar-refractivity contribution in [3.05, 3.63) is 157 Å². The van der Waals surface area contributed by atoms with E-state index in [9.17, 15) is 10.2 Å². The molecule has 6 rings (SSSR count). The van der Waals surface area contributed by atoms with Gasteiger partial charge in [0.05, 0.1) is 12.2 Å². The van der Waals surface area contributed by atoms with Crippen LogP contribution in [0.5, 0.6) is 34.5 Å². The Bertz CT molecular complexity index is 1840. The molecule has 0 saturated heterocycles. The van der Waals surface area contributed by atoms with Crippen molar-refractivity contribution in [1.29, 1.82) is 0 Å². The zero-order valence-electron chi connectivity index (χ0n) is 29.7. The molecule has 0 amide bonds. The van der Waals surface area contributed by atoms with Crippen molar-refractivity contribution in [3.63, 3.8) is 0 Å². The lowest BCUT2D eigenvalue weighted by atomic mass is 9.89. The summed E-state index contributed by atoms with van der Waals surface area (Å²) < 4.78 is 20.5. The largest absolute Gasteiger partial charge is 0.508 e. The highest BCUT2D eigenvalue weighted by Gasteiger charge is 2.29. The zero-order chi connectivity index (χ0) is 35.7. The van der Waals surface area contributed by atoms with Gasteiger partial charge in [-0.3, -0.25) is 0 Å². The highest BCUT2D eigenvalue weighted by molar-refractivity contribution is 5.77. The maximum Gasteiger partial charge on any atom is 0.135 e. The van der Waals surface area contributed by atoms with Gasteiger partial charge in [-0.1, -0.05) is 113 Å². The molecule has 51 heavy (non-hydrogen) atoms. The minimum Gasteiger partial charge on any atom is -0.508 e. The molecule has 0 saturated carbocycles. The summed E-state index contributed by atoms with van der Waals surface area (Å²) in [6.45, 7) is 8.87. The van der Waals surface area contributed by atoms with Crippen LogP contribution in [0.4, 0.5) is 0 Å². The molecule has 0 fully saturated rings. The van der Waals surface area contributed by atoms with Crippen LogP contribution in [0.2, 0.25) is 0 Å². The quantitative estimate of drug-likeness (QED) is 0.120. The SMILES string of the molecule is CC(C)CC(OC(CC(C)C)c1cccc(Oc2ccccc2)c1-c1ccc(O)cc1)c1cccc(Oc2ccccc2)c1-c1ccc(O)cc1. The Labute approximate surface area is 301 Å². The molecule has 260 valence electrons. The fraction of sp³-hybridized carbons (Fsp3) is 0.217. The Hall–Kier alpha value is -5.52. The second kappa shape index (κ2) is 16.5. The van der Waals surface area contributed by atoms with Crippen LogP contribution in [0.15, 0.2) is 146 Å². The van der Waals surface area contributed by atoms with E-state index in [4.69, 9.17) is 14.2 Å². The van der Waals surface area contributed by atoms with E-state index in [1.54, 1.807) is 24.3 Å². The fourth-order valence-electron chi connectivity index (χ4n) is 6.47. The number of phenols is 2. The number of rotatable bonds is 14. The average Bonchev–Trinajstić information content (AvgIpc) is 3.12. The second-order valence-corrected chi connectivity index (χ2v) is 13.7. The maximum absolute atomic E-state index is 10.2. The van der Waals surface area contributed by atoms with E-state index < -0.39 is 0 Å². The van der Waals surface area contributed by atoms with Crippen LogP contribution in [0.1, 0.15) is 63.9 Å². The summed E-state index contributed by atoms with van der Waals surface area (Å²) in [5.41, 5.74) is 5.73. The van der Waals surface area contributed by atoms with Gasteiger partial charge in [0.25, 0.3) is 0 Å². The lowest BCUT2D eigenvalue weighted by Crippen LogP contribution is -2.16. The van der Waals surface area contributed by atoms with Crippen LogP contribution in [-0.4, -0.2) is 10.2 Å². The number of ether oxygens (including phenoxy) is 3. The first kappa shape index (κ1) is 35.3. The van der Waals surface area contributed by atoms with Gasteiger partial charge >= 0.3 is 0 Å². The minimum absolute atomic E-state index is 0.202. The Morgan fingerprint density at radius 1 is 0.431 bits per heavy atom. The van der Waals surface area contributed by atoms with Gasteiger partial charge in [0.15, 0.2) is 0 Å². The molecule has 0 radical (unpaired) electrons. The van der Waals surface area contributed by atoms with Gasteiger partial charge < -0.3 is 24.4 Å². The monoisotopic (exact) mass is 678 g/mol. The first-order valence-electron chi connectivity index (χ1n) is 17.7. The van der Waals surface area contributed by atoms with Crippen LogP contribution in [-0.2, 0) is 4.74 Å². The Balaban J connectivity index is 1.50. The summed E-state index contributed by atoms with van der Waals surface area (Å²) in [6, 6.07) is 46.4. The van der Waals surface area contributed by atoms with Crippen LogP contribution in [0.3, 0.4) is 0 Å². The van der Waals surface area contributed by atoms with E-state index >= 15 is 0 Å². The van der Waals surface area contributed by atoms with E-state index in [2.05, 4.69) is 39.8 Å². The predicted octanol–water partition coefficient (Wildman–Crippen LogP) is 12.9. The Morgan fingerprint density at radius 3 is 1.16 bits per heavy atom. The smallest absolute Gasteiger partial charge is 0.135 e. The molecule has 2 unspecified atom stereocenters. The molecule has 5 heteroatoms. The van der Waals surface area contributed by atoms with Crippen molar-refractivity contribution < 1.29 is 24.4 Å². The summed E-state index contributed by atoms with van der Waals surface area (Å²) in [5.74, 6) is 3.96. The Morgan fingerprint density at radius 2 is 0.804 bits per heavy atom. The third kappa shape index (κ3) is 8.99. The topological polar surface area (TPSA) is 68.2 Å². The van der Waals surface area contributed by atoms with Gasteiger partial charge in [0.1, 0.15) is 34.5 Å². The molecule has 5 nitrogen and oxygen atoms in total. The number of hydrogen-bond donors (Lipinski definition) is 2. The second-order valence-electron chi connectivity index (χ2n) is 13.7. The molecule has 0 aliphatic carbocycles. The van der Waals surface area contributed by atoms with E-state index in [1.165, 1.54) is 0 Å². The third-order valence-electron chi connectivity index (χ3n) is 8.76. The number of aromatic hydroxyl groups is 2. The predicted molar refractivity (Wildman–Crippen MR) is 206 cm³/mol. The lowest BCUT2D eigenvalue weighted by molar-refractivity contribution is -0.0347. The summed E-state index contributed by atoms with van der Waals surface area (Å²) in [4.78, 5) is 0. The van der Waals surface area contributed by atoms with Crippen molar-refractivity contribution in [2.24, 2.45) is 11.8 Å². The summed E-state index contributed by atoms with van der Waals surface area (Å²) in [5, 5.41) is 20.4. The van der Waals surface area contributed by atoms with Gasteiger partial charge in [0, 0.05) is 11.1 Å². The molecule has 0 bridgehead atoms. The van der Waals surface area contributed by atoms with Crippen LogP contribution >= 0.6 is 0 Å². The first-order chi connectivity index (χ1) is 24.7. The zero-order valence-corrected chi connectivity index (χ0v) is 29.7. The molecule has 6 aromatic carbocycles. The van der Waals surface area contributed by atoms with Gasteiger partial charge in [-0.15, -0.1) is 0 Å². The molecule has 0 aromatic heterocycles. The van der Waals surface area contributed by atoms with Gasteiger partial charge in [-0.05, 0) is 108 Å². The summed E-state index contributed by atoms with van der Waals surface area (Å²) >= 11 is 0. The highest BCUT2D eigenvalue weighted by atomic mass is 16.5.